The lowest BCUT2D eigenvalue weighted by Crippen LogP contribution is -2.15. The number of ether oxygens (including phenoxy) is 1. The van der Waals surface area contributed by atoms with Gasteiger partial charge in [-0.2, -0.15) is 0 Å². The number of carbonyl (C=O) groups excluding carboxylic acids is 2. The van der Waals surface area contributed by atoms with E-state index in [-0.39, 0.29) is 16.8 Å². The van der Waals surface area contributed by atoms with Crippen molar-refractivity contribution in [1.82, 2.24) is 0 Å². The van der Waals surface area contributed by atoms with Gasteiger partial charge in [0.2, 0.25) is 0 Å². The number of hydrogen-bond acceptors (Lipinski definition) is 3. The highest BCUT2D eigenvalue weighted by atomic mass is 79.9. The van der Waals surface area contributed by atoms with Crippen LogP contribution in [0.5, 0.6) is 0 Å². The number of rotatable bonds is 3. The molecule has 0 unspecified atom stereocenters. The summed E-state index contributed by atoms with van der Waals surface area (Å²) < 4.78 is 32.4. The molecule has 120 valence electrons. The van der Waals surface area contributed by atoms with Crippen LogP contribution in [0, 0.1) is 18.6 Å². The van der Waals surface area contributed by atoms with Crippen molar-refractivity contribution in [3.8, 4) is 0 Å². The van der Waals surface area contributed by atoms with E-state index in [1.165, 1.54) is 25.3 Å². The molecule has 2 aromatic carbocycles. The lowest BCUT2D eigenvalue weighted by molar-refractivity contribution is 0.0599. The Bertz CT molecular complexity index is 793. The molecule has 0 aliphatic carbocycles. The molecule has 0 saturated carbocycles. The molecular weight excluding hydrogens is 372 g/mol. The molecule has 0 fully saturated rings. The van der Waals surface area contributed by atoms with Gasteiger partial charge in [-0.25, -0.2) is 13.6 Å². The summed E-state index contributed by atoms with van der Waals surface area (Å²) in [5, 5.41) is 2.45. The van der Waals surface area contributed by atoms with Gasteiger partial charge in [-0.05, 0) is 42.8 Å². The van der Waals surface area contributed by atoms with Crippen LogP contribution in [0.3, 0.4) is 0 Å². The third-order valence-electron chi connectivity index (χ3n) is 3.19. The Balaban J connectivity index is 2.30. The van der Waals surface area contributed by atoms with Crippen molar-refractivity contribution in [2.24, 2.45) is 0 Å². The topological polar surface area (TPSA) is 55.4 Å². The number of nitrogens with one attached hydrogen (secondary N) is 1. The average molecular weight is 384 g/mol. The molecule has 7 heteroatoms. The summed E-state index contributed by atoms with van der Waals surface area (Å²) in [6.07, 6.45) is 0. The lowest BCUT2D eigenvalue weighted by atomic mass is 10.1. The summed E-state index contributed by atoms with van der Waals surface area (Å²) in [7, 11) is 1.17. The van der Waals surface area contributed by atoms with Gasteiger partial charge in [0.25, 0.3) is 5.91 Å². The van der Waals surface area contributed by atoms with E-state index < -0.39 is 23.5 Å². The van der Waals surface area contributed by atoms with Crippen molar-refractivity contribution in [3.05, 3.63) is 63.1 Å². The van der Waals surface area contributed by atoms with Gasteiger partial charge in [-0.1, -0.05) is 15.9 Å². The average Bonchev–Trinajstić information content (AvgIpc) is 2.51. The first-order chi connectivity index (χ1) is 10.8. The van der Waals surface area contributed by atoms with Gasteiger partial charge in [0.1, 0.15) is 11.6 Å². The molecule has 2 rings (SSSR count). The summed E-state index contributed by atoms with van der Waals surface area (Å²) >= 11 is 3.17. The van der Waals surface area contributed by atoms with Crippen molar-refractivity contribution in [2.45, 2.75) is 6.92 Å². The minimum Gasteiger partial charge on any atom is -0.465 e. The molecule has 1 amide bonds. The molecule has 0 bridgehead atoms. The van der Waals surface area contributed by atoms with Crippen LogP contribution >= 0.6 is 15.9 Å². The molecule has 4 nitrogen and oxygen atoms in total. The number of anilines is 1. The molecule has 0 heterocycles. The Morgan fingerprint density at radius 1 is 1.17 bits per heavy atom. The Hall–Kier alpha value is -2.28. The highest BCUT2D eigenvalue weighted by Crippen LogP contribution is 2.26. The Labute approximate surface area is 139 Å². The van der Waals surface area contributed by atoms with Crippen LogP contribution in [0.4, 0.5) is 14.5 Å². The van der Waals surface area contributed by atoms with Gasteiger partial charge >= 0.3 is 5.97 Å². The maximum Gasteiger partial charge on any atom is 0.337 e. The number of carbonyl (C=O) groups is 2. The van der Waals surface area contributed by atoms with Gasteiger partial charge in [0.05, 0.1) is 18.2 Å². The fourth-order valence-corrected chi connectivity index (χ4v) is 2.34. The number of hydrogen-bond donors (Lipinski definition) is 1. The summed E-state index contributed by atoms with van der Waals surface area (Å²) in [5.74, 6) is -2.88. The molecule has 0 radical (unpaired) electrons. The van der Waals surface area contributed by atoms with Crippen LogP contribution < -0.4 is 5.32 Å². The fraction of sp³-hybridized carbons (Fsp3) is 0.125. The molecule has 1 N–H and O–H groups in total. The van der Waals surface area contributed by atoms with E-state index in [1.807, 2.05) is 0 Å². The normalized spacial score (nSPS) is 10.3. The first kappa shape index (κ1) is 17.1. The van der Waals surface area contributed by atoms with E-state index in [0.29, 0.717) is 10.0 Å². The number of amides is 1. The van der Waals surface area contributed by atoms with Crippen molar-refractivity contribution in [2.75, 3.05) is 12.4 Å². The van der Waals surface area contributed by atoms with E-state index in [0.717, 1.165) is 12.1 Å². The third kappa shape index (κ3) is 3.73. The molecule has 0 atom stereocenters. The van der Waals surface area contributed by atoms with Crippen LogP contribution in [-0.2, 0) is 4.74 Å². The monoisotopic (exact) mass is 383 g/mol. The minimum absolute atomic E-state index is 0.00812. The fourth-order valence-electron chi connectivity index (χ4n) is 1.91. The van der Waals surface area contributed by atoms with Crippen LogP contribution in [0.15, 0.2) is 34.8 Å². The Morgan fingerprint density at radius 3 is 2.48 bits per heavy atom. The third-order valence-corrected chi connectivity index (χ3v) is 4.02. The predicted molar refractivity (Wildman–Crippen MR) is 84.5 cm³/mol. The number of benzene rings is 2. The van der Waals surface area contributed by atoms with E-state index in [1.54, 1.807) is 6.92 Å². The van der Waals surface area contributed by atoms with E-state index in [9.17, 15) is 18.4 Å². The van der Waals surface area contributed by atoms with Gasteiger partial charge in [-0.15, -0.1) is 0 Å². The first-order valence-corrected chi connectivity index (χ1v) is 7.27. The summed E-state index contributed by atoms with van der Waals surface area (Å²) in [5.41, 5.74) is 0.549. The van der Waals surface area contributed by atoms with Crippen LogP contribution in [0.2, 0.25) is 0 Å². The molecule has 23 heavy (non-hydrogen) atoms. The summed E-state index contributed by atoms with van der Waals surface area (Å²) in [4.78, 5) is 23.5. The van der Waals surface area contributed by atoms with E-state index >= 15 is 0 Å². The van der Waals surface area contributed by atoms with Gasteiger partial charge in [0, 0.05) is 10.2 Å². The van der Waals surface area contributed by atoms with Gasteiger partial charge in [0.15, 0.2) is 0 Å². The molecule has 2 aromatic rings. The second-order valence-corrected chi connectivity index (χ2v) is 5.55. The zero-order valence-corrected chi connectivity index (χ0v) is 13.8. The number of halogens is 3. The molecule has 0 saturated heterocycles. The molecule has 0 aromatic heterocycles. The van der Waals surface area contributed by atoms with Crippen LogP contribution in [0.1, 0.15) is 26.3 Å². The van der Waals surface area contributed by atoms with Crippen molar-refractivity contribution in [3.63, 3.8) is 0 Å². The molecule has 0 aliphatic heterocycles. The molecule has 0 aliphatic rings. The SMILES string of the molecule is COC(=O)c1ccc(C(=O)Nc2cc(F)cc(Br)c2C)c(F)c1. The zero-order chi connectivity index (χ0) is 17.1. The van der Waals surface area contributed by atoms with Crippen molar-refractivity contribution in [1.29, 1.82) is 0 Å². The zero-order valence-electron chi connectivity index (χ0n) is 12.2. The highest BCUT2D eigenvalue weighted by Gasteiger charge is 2.17. The second kappa shape index (κ2) is 6.87. The number of methoxy groups -OCH3 is 1. The smallest absolute Gasteiger partial charge is 0.337 e. The second-order valence-electron chi connectivity index (χ2n) is 4.70. The van der Waals surface area contributed by atoms with E-state index in [4.69, 9.17) is 0 Å². The lowest BCUT2D eigenvalue weighted by Gasteiger charge is -2.11. The standard InChI is InChI=1S/C16H12BrF2NO3/c1-8-12(17)6-10(18)7-14(8)20-15(21)11-4-3-9(5-13(11)19)16(22)23-2/h3-7H,1-2H3,(H,20,21). The highest BCUT2D eigenvalue weighted by molar-refractivity contribution is 9.10. The van der Waals surface area contributed by atoms with Gasteiger partial charge < -0.3 is 10.1 Å². The van der Waals surface area contributed by atoms with E-state index in [2.05, 4.69) is 26.0 Å². The minimum atomic E-state index is -0.876. The quantitative estimate of drug-likeness (QED) is 0.812. The molecule has 0 spiro atoms. The maximum absolute atomic E-state index is 14.0. The van der Waals surface area contributed by atoms with Crippen LogP contribution in [-0.4, -0.2) is 19.0 Å². The summed E-state index contributed by atoms with van der Waals surface area (Å²) in [6.45, 7) is 1.68. The van der Waals surface area contributed by atoms with Crippen molar-refractivity contribution < 1.29 is 23.1 Å². The Morgan fingerprint density at radius 2 is 1.87 bits per heavy atom. The largest absolute Gasteiger partial charge is 0.465 e. The maximum atomic E-state index is 14.0. The summed E-state index contributed by atoms with van der Waals surface area (Å²) in [6, 6.07) is 5.75. The Kier molecular flexibility index (Phi) is 5.10. The van der Waals surface area contributed by atoms with Crippen LogP contribution in [0.25, 0.3) is 0 Å². The molecular formula is C16H12BrF2NO3. The predicted octanol–water partition coefficient (Wildman–Crippen LogP) is 4.07. The van der Waals surface area contributed by atoms with Crippen molar-refractivity contribution >= 4 is 33.5 Å². The number of esters is 1. The first-order valence-electron chi connectivity index (χ1n) is 6.48. The van der Waals surface area contributed by atoms with Gasteiger partial charge in [-0.3, -0.25) is 4.79 Å².